The minimum atomic E-state index is 0. The molecule has 4 aliphatic carbocycles. The molecule has 8 atom stereocenters. The van der Waals surface area contributed by atoms with Crippen LogP contribution in [0.5, 0.6) is 0 Å². The number of hydrogen-bond acceptors (Lipinski definition) is 2. The Morgan fingerprint density at radius 3 is 2.49 bits per heavy atom. The number of nitrogens with zero attached hydrogens (tertiary/aromatic N) is 1. The highest BCUT2D eigenvalue weighted by molar-refractivity contribution is 5.25. The number of halogens is 1. The van der Waals surface area contributed by atoms with E-state index in [1.54, 1.807) is 5.57 Å². The second-order valence-corrected chi connectivity index (χ2v) is 15.1. The summed E-state index contributed by atoms with van der Waals surface area (Å²) in [5, 5.41) is 0. The van der Waals surface area contributed by atoms with Gasteiger partial charge >= 0.3 is 0 Å². The van der Waals surface area contributed by atoms with Crippen LogP contribution < -0.4 is 17.0 Å². The zero-order valence-electron chi connectivity index (χ0n) is 25.1. The van der Waals surface area contributed by atoms with E-state index in [1.807, 2.05) is 0 Å². The molecule has 0 N–H and O–H groups in total. The standard InChI is InChI=1S/C33H58NO2.BrH/c1-24(2)8-7-9-25(3)29-12-13-30-28-11-10-26-22-27(36-23-34(6)18-20-35-21-19-34)14-16-32(26,4)31(28)15-17-33(29,30)5;/h10,24-25,27-31H,7-9,11-23H2,1-6H3;1H/q+1;/p-1/t25-,27+,28+,29-,30+,31-,32+,33-;/m1./s1. The number of likely N-dealkylation sites (N-methyl/N-ethyl adjacent to an activating group) is 1. The molecule has 3 saturated carbocycles. The third kappa shape index (κ3) is 5.94. The molecule has 0 aromatic rings. The predicted octanol–water partition coefficient (Wildman–Crippen LogP) is 4.85. The molecule has 37 heavy (non-hydrogen) atoms. The summed E-state index contributed by atoms with van der Waals surface area (Å²) in [6.45, 7) is 17.6. The van der Waals surface area contributed by atoms with Crippen LogP contribution in [-0.2, 0) is 9.47 Å². The van der Waals surface area contributed by atoms with Crippen molar-refractivity contribution < 1.29 is 30.9 Å². The first-order chi connectivity index (χ1) is 17.1. The van der Waals surface area contributed by atoms with Gasteiger partial charge in [-0.3, -0.25) is 4.48 Å². The van der Waals surface area contributed by atoms with Crippen molar-refractivity contribution in [3.05, 3.63) is 11.6 Å². The Bertz CT molecular complexity index is 791. The number of hydrogen-bond donors (Lipinski definition) is 0. The van der Waals surface area contributed by atoms with E-state index in [0.717, 1.165) is 73.0 Å². The molecule has 5 rings (SSSR count). The third-order valence-corrected chi connectivity index (χ3v) is 12.4. The average Bonchev–Trinajstić information content (AvgIpc) is 3.20. The Morgan fingerprint density at radius 2 is 1.76 bits per heavy atom. The molecule has 5 aliphatic rings. The maximum atomic E-state index is 6.60. The van der Waals surface area contributed by atoms with Crippen molar-refractivity contribution in [2.45, 2.75) is 111 Å². The molecule has 0 radical (unpaired) electrons. The fourth-order valence-electron chi connectivity index (χ4n) is 9.99. The zero-order valence-corrected chi connectivity index (χ0v) is 26.7. The van der Waals surface area contributed by atoms with E-state index < -0.39 is 0 Å². The van der Waals surface area contributed by atoms with Gasteiger partial charge in [-0.05, 0) is 97.7 Å². The van der Waals surface area contributed by atoms with E-state index >= 15 is 0 Å². The monoisotopic (exact) mass is 579 g/mol. The van der Waals surface area contributed by atoms with E-state index in [-0.39, 0.29) is 17.0 Å². The van der Waals surface area contributed by atoms with E-state index in [9.17, 15) is 0 Å². The topological polar surface area (TPSA) is 18.5 Å². The largest absolute Gasteiger partial charge is 1.00 e. The van der Waals surface area contributed by atoms with Crippen molar-refractivity contribution in [1.82, 2.24) is 0 Å². The second-order valence-electron chi connectivity index (χ2n) is 15.1. The first-order valence-corrected chi connectivity index (χ1v) is 15.9. The fraction of sp³-hybridized carbons (Fsp3) is 0.939. The number of rotatable bonds is 8. The number of allylic oxidation sites excluding steroid dienone is 1. The average molecular weight is 581 g/mol. The zero-order chi connectivity index (χ0) is 25.6. The summed E-state index contributed by atoms with van der Waals surface area (Å²) in [5.41, 5.74) is 2.80. The lowest BCUT2D eigenvalue weighted by molar-refractivity contribution is -0.935. The van der Waals surface area contributed by atoms with Crippen LogP contribution in [0.1, 0.15) is 105 Å². The van der Waals surface area contributed by atoms with Crippen LogP contribution in [0.25, 0.3) is 0 Å². The first-order valence-electron chi connectivity index (χ1n) is 15.9. The molecule has 1 saturated heterocycles. The van der Waals surface area contributed by atoms with Gasteiger partial charge in [0.1, 0.15) is 13.1 Å². The van der Waals surface area contributed by atoms with Crippen LogP contribution in [0.2, 0.25) is 0 Å². The molecule has 0 unspecified atom stereocenters. The summed E-state index contributed by atoms with van der Waals surface area (Å²) < 4.78 is 13.2. The maximum Gasteiger partial charge on any atom is 0.183 e. The first kappa shape index (κ1) is 30.1. The van der Waals surface area contributed by atoms with Gasteiger partial charge in [0.05, 0.1) is 26.4 Å². The van der Waals surface area contributed by atoms with Crippen LogP contribution in [-0.4, -0.2) is 50.7 Å². The Kier molecular flexibility index (Phi) is 9.68. The fourth-order valence-corrected chi connectivity index (χ4v) is 9.99. The molecule has 0 aromatic carbocycles. The molecule has 1 heterocycles. The minimum absolute atomic E-state index is 0. The highest BCUT2D eigenvalue weighted by Crippen LogP contribution is 2.67. The van der Waals surface area contributed by atoms with Gasteiger partial charge in [-0.25, -0.2) is 0 Å². The van der Waals surface area contributed by atoms with Gasteiger partial charge in [0, 0.05) is 0 Å². The molecule has 0 aromatic heterocycles. The second kappa shape index (κ2) is 11.9. The van der Waals surface area contributed by atoms with E-state index in [1.165, 1.54) is 70.6 Å². The Balaban J connectivity index is 0.00000320. The lowest BCUT2D eigenvalue weighted by Gasteiger charge is -2.58. The lowest BCUT2D eigenvalue weighted by Crippen LogP contribution is -3.00. The van der Waals surface area contributed by atoms with Gasteiger partial charge in [-0.15, -0.1) is 0 Å². The van der Waals surface area contributed by atoms with Gasteiger partial charge in [-0.1, -0.05) is 65.5 Å². The van der Waals surface area contributed by atoms with Gasteiger partial charge in [0.15, 0.2) is 6.73 Å². The SMILES string of the molecule is CC(C)CCC[C@@H](C)[C@H]1CC[C@H]2[C@@H]3CC=C4C[C@@H](OC[N+]5(C)CCOCC5)CC[C@]4(C)[C@@H]3CC[C@]12C.[Br-]. The predicted molar refractivity (Wildman–Crippen MR) is 150 cm³/mol. The summed E-state index contributed by atoms with van der Waals surface area (Å²) in [6, 6.07) is 0. The van der Waals surface area contributed by atoms with E-state index in [0.29, 0.717) is 16.9 Å². The molecule has 214 valence electrons. The number of quaternary nitrogens is 1. The molecular weight excluding hydrogens is 522 g/mol. The molecular formula is C33H58BrNO2. The molecule has 0 bridgehead atoms. The smallest absolute Gasteiger partial charge is 0.183 e. The summed E-state index contributed by atoms with van der Waals surface area (Å²) in [5.74, 6) is 5.53. The van der Waals surface area contributed by atoms with Crippen molar-refractivity contribution in [2.75, 3.05) is 40.1 Å². The van der Waals surface area contributed by atoms with Crippen molar-refractivity contribution >= 4 is 0 Å². The van der Waals surface area contributed by atoms with Crippen LogP contribution in [0.4, 0.5) is 0 Å². The summed E-state index contributed by atoms with van der Waals surface area (Å²) in [7, 11) is 2.35. The summed E-state index contributed by atoms with van der Waals surface area (Å²) >= 11 is 0. The maximum absolute atomic E-state index is 6.60. The van der Waals surface area contributed by atoms with Gasteiger partial charge in [0.2, 0.25) is 0 Å². The highest BCUT2D eigenvalue weighted by Gasteiger charge is 2.59. The van der Waals surface area contributed by atoms with Crippen LogP contribution in [0.15, 0.2) is 11.6 Å². The normalized spacial score (nSPS) is 41.7. The Morgan fingerprint density at radius 1 is 1.00 bits per heavy atom. The molecule has 3 nitrogen and oxygen atoms in total. The molecule has 1 aliphatic heterocycles. The van der Waals surface area contributed by atoms with Crippen molar-refractivity contribution in [3.63, 3.8) is 0 Å². The van der Waals surface area contributed by atoms with Crippen LogP contribution in [0, 0.1) is 46.3 Å². The van der Waals surface area contributed by atoms with Crippen LogP contribution in [0.3, 0.4) is 0 Å². The number of ether oxygens (including phenoxy) is 2. The molecule has 4 fully saturated rings. The minimum Gasteiger partial charge on any atom is -1.00 e. The lowest BCUT2D eigenvalue weighted by atomic mass is 9.47. The molecule has 0 amide bonds. The van der Waals surface area contributed by atoms with Crippen molar-refractivity contribution in [3.8, 4) is 0 Å². The third-order valence-electron chi connectivity index (χ3n) is 12.4. The number of fused-ring (bicyclic) bond motifs is 5. The van der Waals surface area contributed by atoms with Gasteiger partial charge in [0.25, 0.3) is 0 Å². The highest BCUT2D eigenvalue weighted by atomic mass is 79.9. The Labute approximate surface area is 239 Å². The molecule has 4 heteroatoms. The quantitative estimate of drug-likeness (QED) is 0.302. The summed E-state index contributed by atoms with van der Waals surface area (Å²) in [4.78, 5) is 0. The molecule has 0 spiro atoms. The van der Waals surface area contributed by atoms with Crippen LogP contribution >= 0.6 is 0 Å². The summed E-state index contributed by atoms with van der Waals surface area (Å²) in [6.07, 6.45) is 18.5. The van der Waals surface area contributed by atoms with Gasteiger partial charge < -0.3 is 26.5 Å². The Hall–Kier alpha value is 0.100. The van der Waals surface area contributed by atoms with E-state index in [4.69, 9.17) is 9.47 Å². The van der Waals surface area contributed by atoms with Crippen molar-refractivity contribution in [1.29, 1.82) is 0 Å². The van der Waals surface area contributed by atoms with Gasteiger partial charge in [-0.2, -0.15) is 0 Å². The van der Waals surface area contributed by atoms with Crippen molar-refractivity contribution in [2.24, 2.45) is 46.3 Å². The number of morpholine rings is 1. The van der Waals surface area contributed by atoms with E-state index in [2.05, 4.69) is 47.7 Å².